The maximum atomic E-state index is 12.7. The third-order valence-corrected chi connectivity index (χ3v) is 5.92. The first-order chi connectivity index (χ1) is 13.5. The van der Waals surface area contributed by atoms with Gasteiger partial charge >= 0.3 is 5.97 Å². The zero-order valence-electron chi connectivity index (χ0n) is 16.0. The summed E-state index contributed by atoms with van der Waals surface area (Å²) in [5, 5.41) is 0. The van der Waals surface area contributed by atoms with E-state index in [1.54, 1.807) is 6.08 Å². The molecule has 148 valence electrons. The predicted molar refractivity (Wildman–Crippen MR) is 113 cm³/mol. The van der Waals surface area contributed by atoms with Gasteiger partial charge in [-0.1, -0.05) is 67.4 Å². The van der Waals surface area contributed by atoms with E-state index < -0.39 is 0 Å². The van der Waals surface area contributed by atoms with Crippen molar-refractivity contribution in [2.75, 3.05) is 0 Å². The molecule has 2 aromatic carbocycles. The molecule has 0 bridgehead atoms. The Morgan fingerprint density at radius 1 is 1.04 bits per heavy atom. The molecule has 3 rings (SSSR count). The molecule has 1 fully saturated rings. The van der Waals surface area contributed by atoms with Crippen LogP contribution in [0.25, 0.3) is 0 Å². The summed E-state index contributed by atoms with van der Waals surface area (Å²) in [6.45, 7) is 4.38. The van der Waals surface area contributed by atoms with Gasteiger partial charge in [-0.3, -0.25) is 4.79 Å². The number of halogens is 2. The average molecular weight is 419 g/mol. The summed E-state index contributed by atoms with van der Waals surface area (Å²) in [4.78, 5) is 12.7. The molecule has 0 spiro atoms. The summed E-state index contributed by atoms with van der Waals surface area (Å²) in [6, 6.07) is 17.1. The summed E-state index contributed by atoms with van der Waals surface area (Å²) in [5.74, 6) is 1.11. The fourth-order valence-corrected chi connectivity index (χ4v) is 4.30. The van der Waals surface area contributed by atoms with Gasteiger partial charge in [-0.05, 0) is 60.1 Å². The summed E-state index contributed by atoms with van der Waals surface area (Å²) >= 11 is 11.7. The molecule has 2 aromatic rings. The van der Waals surface area contributed by atoms with Gasteiger partial charge in [0, 0.05) is 0 Å². The van der Waals surface area contributed by atoms with Gasteiger partial charge in [-0.2, -0.15) is 0 Å². The van der Waals surface area contributed by atoms with Gasteiger partial charge in [-0.15, -0.1) is 0 Å². The minimum atomic E-state index is -0.200. The normalized spacial score (nSPS) is 19.6. The average Bonchev–Trinajstić information content (AvgIpc) is 3.33. The van der Waals surface area contributed by atoms with E-state index in [0.717, 1.165) is 24.2 Å². The van der Waals surface area contributed by atoms with Crippen molar-refractivity contribution in [1.29, 1.82) is 0 Å². The number of para-hydroxylation sites is 1. The van der Waals surface area contributed by atoms with Crippen LogP contribution < -0.4 is 4.74 Å². The van der Waals surface area contributed by atoms with Gasteiger partial charge < -0.3 is 9.47 Å². The Labute approximate surface area is 176 Å². The molecule has 28 heavy (non-hydrogen) atoms. The van der Waals surface area contributed by atoms with Crippen molar-refractivity contribution in [3.8, 4) is 11.5 Å². The highest BCUT2D eigenvalue weighted by atomic mass is 35.5. The van der Waals surface area contributed by atoms with Crippen LogP contribution in [-0.4, -0.2) is 5.97 Å². The van der Waals surface area contributed by atoms with E-state index in [-0.39, 0.29) is 34.3 Å². The van der Waals surface area contributed by atoms with Gasteiger partial charge in [0.1, 0.15) is 22.6 Å². The molecule has 0 amide bonds. The van der Waals surface area contributed by atoms with E-state index in [1.807, 2.05) is 54.6 Å². The quantitative estimate of drug-likeness (QED) is 0.437. The molecule has 3 nitrogen and oxygen atoms in total. The van der Waals surface area contributed by atoms with Gasteiger partial charge in [0.25, 0.3) is 0 Å². The second-order valence-corrected chi connectivity index (χ2v) is 8.08. The van der Waals surface area contributed by atoms with Crippen LogP contribution in [0.3, 0.4) is 0 Å². The van der Waals surface area contributed by atoms with E-state index in [0.29, 0.717) is 5.75 Å². The number of esters is 1. The standard InChI is InChI=1S/C23H24Cl2O3/c1-3-23(4-2)19(14-20(24)25)21(23)22(26)27-15-16-9-8-12-18(13-16)28-17-10-6-5-7-11-17/h5-14,19,21H,3-4,15H2,1-2H3. The Morgan fingerprint density at radius 3 is 2.36 bits per heavy atom. The maximum Gasteiger partial charge on any atom is 0.310 e. The molecule has 5 heteroatoms. The lowest BCUT2D eigenvalue weighted by atomic mass is 9.95. The van der Waals surface area contributed by atoms with E-state index in [4.69, 9.17) is 32.7 Å². The zero-order valence-corrected chi connectivity index (χ0v) is 17.5. The SMILES string of the molecule is CCC1(CC)C(C=C(Cl)Cl)C1C(=O)OCc1cccc(Oc2ccccc2)c1. The van der Waals surface area contributed by atoms with Crippen LogP contribution in [0.5, 0.6) is 11.5 Å². The third kappa shape index (κ3) is 4.53. The maximum absolute atomic E-state index is 12.7. The Hall–Kier alpha value is -1.97. The number of ether oxygens (including phenoxy) is 2. The van der Waals surface area contributed by atoms with Crippen LogP contribution >= 0.6 is 23.2 Å². The minimum absolute atomic E-state index is 0.0350. The monoisotopic (exact) mass is 418 g/mol. The molecule has 0 aliphatic heterocycles. The molecule has 0 aromatic heterocycles. The fraction of sp³-hybridized carbons (Fsp3) is 0.348. The van der Waals surface area contributed by atoms with E-state index in [2.05, 4.69) is 13.8 Å². The summed E-state index contributed by atoms with van der Waals surface area (Å²) < 4.78 is 11.7. The molecular weight excluding hydrogens is 395 g/mol. The lowest BCUT2D eigenvalue weighted by Gasteiger charge is -2.12. The molecule has 0 saturated heterocycles. The highest BCUT2D eigenvalue weighted by Crippen LogP contribution is 2.65. The fourth-order valence-electron chi connectivity index (χ4n) is 4.03. The largest absolute Gasteiger partial charge is 0.461 e. The lowest BCUT2D eigenvalue weighted by Crippen LogP contribution is -2.13. The van der Waals surface area contributed by atoms with Crippen LogP contribution in [0.1, 0.15) is 32.3 Å². The molecular formula is C23H24Cl2O3. The Balaban J connectivity index is 1.63. The van der Waals surface area contributed by atoms with Crippen molar-refractivity contribution in [2.45, 2.75) is 33.3 Å². The van der Waals surface area contributed by atoms with Crippen LogP contribution in [0.2, 0.25) is 0 Å². The molecule has 0 heterocycles. The number of carbonyl (C=O) groups is 1. The second kappa shape index (κ2) is 9.02. The number of hydrogen-bond donors (Lipinski definition) is 0. The van der Waals surface area contributed by atoms with Crippen LogP contribution in [0.15, 0.2) is 65.2 Å². The molecule has 1 aliphatic rings. The topological polar surface area (TPSA) is 35.5 Å². The molecule has 0 radical (unpaired) electrons. The van der Waals surface area contributed by atoms with Gasteiger partial charge in [0.05, 0.1) is 5.92 Å². The van der Waals surface area contributed by atoms with Crippen LogP contribution in [0, 0.1) is 17.3 Å². The smallest absolute Gasteiger partial charge is 0.310 e. The van der Waals surface area contributed by atoms with Crippen molar-refractivity contribution in [1.82, 2.24) is 0 Å². The molecule has 1 saturated carbocycles. The van der Waals surface area contributed by atoms with Gasteiger partial charge in [0.15, 0.2) is 0 Å². The Morgan fingerprint density at radius 2 is 1.71 bits per heavy atom. The number of rotatable bonds is 8. The van der Waals surface area contributed by atoms with Crippen molar-refractivity contribution >= 4 is 29.2 Å². The lowest BCUT2D eigenvalue weighted by molar-refractivity contribution is -0.147. The first-order valence-electron chi connectivity index (χ1n) is 9.51. The van der Waals surface area contributed by atoms with Gasteiger partial charge in [-0.25, -0.2) is 0 Å². The summed E-state index contributed by atoms with van der Waals surface area (Å²) in [6.07, 6.45) is 3.54. The molecule has 2 unspecified atom stereocenters. The van der Waals surface area contributed by atoms with Crippen molar-refractivity contribution in [3.05, 3.63) is 70.7 Å². The minimum Gasteiger partial charge on any atom is -0.461 e. The van der Waals surface area contributed by atoms with Crippen LogP contribution in [-0.2, 0) is 16.1 Å². The van der Waals surface area contributed by atoms with Crippen molar-refractivity contribution in [2.24, 2.45) is 17.3 Å². The number of allylic oxidation sites excluding steroid dienone is 1. The third-order valence-electron chi connectivity index (χ3n) is 5.67. The van der Waals surface area contributed by atoms with Crippen molar-refractivity contribution < 1.29 is 14.3 Å². The van der Waals surface area contributed by atoms with Crippen molar-refractivity contribution in [3.63, 3.8) is 0 Å². The molecule has 2 atom stereocenters. The van der Waals surface area contributed by atoms with E-state index in [9.17, 15) is 4.79 Å². The number of carbonyl (C=O) groups excluding carboxylic acids is 1. The zero-order chi connectivity index (χ0) is 20.1. The predicted octanol–water partition coefficient (Wildman–Crippen LogP) is 6.89. The van der Waals surface area contributed by atoms with Crippen LogP contribution in [0.4, 0.5) is 0 Å². The Kier molecular flexibility index (Phi) is 6.69. The van der Waals surface area contributed by atoms with E-state index in [1.165, 1.54) is 0 Å². The highest BCUT2D eigenvalue weighted by Gasteiger charge is 2.65. The van der Waals surface area contributed by atoms with Gasteiger partial charge in [0.2, 0.25) is 0 Å². The summed E-state index contributed by atoms with van der Waals surface area (Å²) in [7, 11) is 0. The number of benzene rings is 2. The first-order valence-corrected chi connectivity index (χ1v) is 10.3. The molecule has 1 aliphatic carbocycles. The summed E-state index contributed by atoms with van der Waals surface area (Å²) in [5.41, 5.74) is 0.771. The highest BCUT2D eigenvalue weighted by molar-refractivity contribution is 6.55. The Bertz CT molecular complexity index is 840. The molecule has 0 N–H and O–H groups in total. The number of hydrogen-bond acceptors (Lipinski definition) is 3. The second-order valence-electron chi connectivity index (χ2n) is 7.07. The first kappa shape index (κ1) is 20.8. The van der Waals surface area contributed by atoms with E-state index >= 15 is 0 Å².